The van der Waals surface area contributed by atoms with Crippen LogP contribution in [0.5, 0.6) is 0 Å². The zero-order valence-corrected chi connectivity index (χ0v) is 11.6. The summed E-state index contributed by atoms with van der Waals surface area (Å²) < 4.78 is 1.71. The number of rotatable bonds is 5. The molecular weight excluding hydrogens is 266 g/mol. The van der Waals surface area contributed by atoms with E-state index in [2.05, 4.69) is 0 Å². The van der Waals surface area contributed by atoms with Crippen LogP contribution >= 0.6 is 0 Å². The number of carboxylic acid groups (broad SMARTS) is 1. The summed E-state index contributed by atoms with van der Waals surface area (Å²) in [5.41, 5.74) is 2.14. The molecule has 0 aliphatic carbocycles. The van der Waals surface area contributed by atoms with E-state index in [1.54, 1.807) is 30.0 Å². The number of aliphatic carboxylic acids is 1. The molecule has 1 aromatic carbocycles. The lowest BCUT2D eigenvalue weighted by Gasteiger charge is -1.93. The maximum absolute atomic E-state index is 12.1. The Morgan fingerprint density at radius 3 is 2.48 bits per heavy atom. The van der Waals surface area contributed by atoms with E-state index in [1.165, 1.54) is 12.2 Å². The molecule has 2 aromatic rings. The number of ketones is 1. The standard InChI is InChI=1S/C17H15NO3/c1-18-12-14(11-15(18)8-10-17(20)21)16(19)9-7-13-5-3-2-4-6-13/h2-12H,1H3,(H,20,21)/b9-7+,10-8+. The van der Waals surface area contributed by atoms with Gasteiger partial charge in [0.1, 0.15) is 0 Å². The quantitative estimate of drug-likeness (QED) is 0.677. The zero-order chi connectivity index (χ0) is 15.2. The molecule has 1 N–H and O–H groups in total. The number of aryl methyl sites for hydroxylation is 1. The van der Waals surface area contributed by atoms with E-state index in [9.17, 15) is 9.59 Å². The van der Waals surface area contributed by atoms with Crippen LogP contribution in [-0.2, 0) is 11.8 Å². The van der Waals surface area contributed by atoms with E-state index in [0.29, 0.717) is 11.3 Å². The Balaban J connectivity index is 2.15. The van der Waals surface area contributed by atoms with Crippen molar-refractivity contribution >= 4 is 23.9 Å². The Labute approximate surface area is 122 Å². The number of carbonyl (C=O) groups excluding carboxylic acids is 1. The average Bonchev–Trinajstić information content (AvgIpc) is 2.85. The predicted octanol–water partition coefficient (Wildman–Crippen LogP) is 3.02. The summed E-state index contributed by atoms with van der Waals surface area (Å²) >= 11 is 0. The molecule has 0 saturated heterocycles. The number of benzene rings is 1. The lowest BCUT2D eigenvalue weighted by molar-refractivity contribution is -0.131. The van der Waals surface area contributed by atoms with Crippen LogP contribution < -0.4 is 0 Å². The molecular formula is C17H15NO3. The van der Waals surface area contributed by atoms with Gasteiger partial charge in [0.15, 0.2) is 5.78 Å². The Hall–Kier alpha value is -2.88. The lowest BCUT2D eigenvalue weighted by Crippen LogP contribution is -1.92. The number of hydrogen-bond donors (Lipinski definition) is 1. The first-order valence-corrected chi connectivity index (χ1v) is 6.41. The number of carbonyl (C=O) groups is 2. The van der Waals surface area contributed by atoms with Crippen LogP contribution in [0.15, 0.2) is 54.7 Å². The fraction of sp³-hybridized carbons (Fsp3) is 0.0588. The number of nitrogens with zero attached hydrogens (tertiary/aromatic N) is 1. The molecule has 0 spiro atoms. The Morgan fingerprint density at radius 1 is 1.10 bits per heavy atom. The van der Waals surface area contributed by atoms with Gasteiger partial charge in [-0.25, -0.2) is 4.79 Å². The summed E-state index contributed by atoms with van der Waals surface area (Å²) in [5.74, 6) is -1.14. The van der Waals surface area contributed by atoms with Gasteiger partial charge < -0.3 is 9.67 Å². The Bertz CT molecular complexity index is 709. The Kier molecular flexibility index (Phi) is 4.51. The number of allylic oxidation sites excluding steroid dienone is 1. The van der Waals surface area contributed by atoms with Gasteiger partial charge in [-0.2, -0.15) is 0 Å². The monoisotopic (exact) mass is 281 g/mol. The highest BCUT2D eigenvalue weighted by Gasteiger charge is 2.06. The van der Waals surface area contributed by atoms with Crippen molar-refractivity contribution in [1.82, 2.24) is 4.57 Å². The second-order valence-electron chi connectivity index (χ2n) is 4.54. The third-order valence-electron chi connectivity index (χ3n) is 2.95. The second kappa shape index (κ2) is 6.52. The zero-order valence-electron chi connectivity index (χ0n) is 11.6. The third-order valence-corrected chi connectivity index (χ3v) is 2.95. The largest absolute Gasteiger partial charge is 0.478 e. The second-order valence-corrected chi connectivity index (χ2v) is 4.54. The average molecular weight is 281 g/mol. The van der Waals surface area contributed by atoms with Crippen LogP contribution in [-0.4, -0.2) is 21.4 Å². The van der Waals surface area contributed by atoms with E-state index >= 15 is 0 Å². The Morgan fingerprint density at radius 2 is 1.81 bits per heavy atom. The van der Waals surface area contributed by atoms with Crippen molar-refractivity contribution in [3.8, 4) is 0 Å². The SMILES string of the molecule is Cn1cc(C(=O)/C=C/c2ccccc2)cc1/C=C/C(=O)O. The lowest BCUT2D eigenvalue weighted by atomic mass is 10.1. The van der Waals surface area contributed by atoms with E-state index in [4.69, 9.17) is 5.11 Å². The minimum absolute atomic E-state index is 0.121. The van der Waals surface area contributed by atoms with Crippen LogP contribution in [0.1, 0.15) is 21.6 Å². The van der Waals surface area contributed by atoms with E-state index in [-0.39, 0.29) is 5.78 Å². The normalized spacial score (nSPS) is 11.3. The fourth-order valence-electron chi connectivity index (χ4n) is 1.87. The molecule has 0 aliphatic rings. The first-order chi connectivity index (χ1) is 10.1. The van der Waals surface area contributed by atoms with Gasteiger partial charge in [-0.1, -0.05) is 36.4 Å². The van der Waals surface area contributed by atoms with Crippen LogP contribution in [0.3, 0.4) is 0 Å². The van der Waals surface area contributed by atoms with Gasteiger partial charge in [-0.3, -0.25) is 4.79 Å². The summed E-state index contributed by atoms with van der Waals surface area (Å²) in [6.45, 7) is 0. The van der Waals surface area contributed by atoms with Gasteiger partial charge in [-0.05, 0) is 23.8 Å². The van der Waals surface area contributed by atoms with Gasteiger partial charge in [0.25, 0.3) is 0 Å². The predicted molar refractivity (Wildman–Crippen MR) is 81.9 cm³/mol. The van der Waals surface area contributed by atoms with Crippen molar-refractivity contribution in [3.05, 3.63) is 71.6 Å². The van der Waals surface area contributed by atoms with E-state index < -0.39 is 5.97 Å². The van der Waals surface area contributed by atoms with Crippen LogP contribution in [0, 0.1) is 0 Å². The molecule has 0 saturated carbocycles. The van der Waals surface area contributed by atoms with Crippen LogP contribution in [0.4, 0.5) is 0 Å². The van der Waals surface area contributed by atoms with Crippen LogP contribution in [0.2, 0.25) is 0 Å². The van der Waals surface area contributed by atoms with Gasteiger partial charge in [0.2, 0.25) is 0 Å². The molecule has 4 nitrogen and oxygen atoms in total. The first-order valence-electron chi connectivity index (χ1n) is 6.41. The molecule has 2 rings (SSSR count). The summed E-state index contributed by atoms with van der Waals surface area (Å²) in [4.78, 5) is 22.6. The van der Waals surface area contributed by atoms with Crippen molar-refractivity contribution in [2.75, 3.05) is 0 Å². The third kappa shape index (κ3) is 4.04. The molecule has 4 heteroatoms. The van der Waals surface area contributed by atoms with E-state index in [1.807, 2.05) is 30.3 Å². The minimum Gasteiger partial charge on any atom is -0.478 e. The smallest absolute Gasteiger partial charge is 0.328 e. The van der Waals surface area contributed by atoms with Gasteiger partial charge >= 0.3 is 5.97 Å². The number of aromatic nitrogens is 1. The highest BCUT2D eigenvalue weighted by atomic mass is 16.4. The molecule has 21 heavy (non-hydrogen) atoms. The molecule has 0 bridgehead atoms. The van der Waals surface area contributed by atoms with Crippen LogP contribution in [0.25, 0.3) is 12.2 Å². The highest BCUT2D eigenvalue weighted by Crippen LogP contribution is 2.11. The summed E-state index contributed by atoms with van der Waals surface area (Å²) in [7, 11) is 1.76. The first kappa shape index (κ1) is 14.5. The summed E-state index contributed by atoms with van der Waals surface area (Å²) in [6, 6.07) is 11.2. The van der Waals surface area contributed by atoms with Gasteiger partial charge in [0.05, 0.1) is 0 Å². The molecule has 1 heterocycles. The van der Waals surface area contributed by atoms with Crippen molar-refractivity contribution in [1.29, 1.82) is 0 Å². The topological polar surface area (TPSA) is 59.3 Å². The number of hydrogen-bond acceptors (Lipinski definition) is 2. The molecule has 0 fully saturated rings. The fourth-order valence-corrected chi connectivity index (χ4v) is 1.87. The maximum atomic E-state index is 12.1. The van der Waals surface area contributed by atoms with Crippen molar-refractivity contribution in [2.24, 2.45) is 7.05 Å². The summed E-state index contributed by atoms with van der Waals surface area (Å²) in [5, 5.41) is 8.62. The van der Waals surface area contributed by atoms with Crippen molar-refractivity contribution < 1.29 is 14.7 Å². The molecule has 0 radical (unpaired) electrons. The number of carboxylic acids is 1. The molecule has 0 amide bonds. The van der Waals surface area contributed by atoms with Gasteiger partial charge in [0, 0.05) is 30.6 Å². The summed E-state index contributed by atoms with van der Waals surface area (Å²) in [6.07, 6.45) is 7.44. The van der Waals surface area contributed by atoms with Crippen molar-refractivity contribution in [2.45, 2.75) is 0 Å². The molecule has 1 aromatic heterocycles. The molecule has 0 unspecified atom stereocenters. The van der Waals surface area contributed by atoms with Crippen molar-refractivity contribution in [3.63, 3.8) is 0 Å². The molecule has 0 atom stereocenters. The minimum atomic E-state index is -1.02. The maximum Gasteiger partial charge on any atom is 0.328 e. The van der Waals surface area contributed by atoms with Gasteiger partial charge in [-0.15, -0.1) is 0 Å². The highest BCUT2D eigenvalue weighted by molar-refractivity contribution is 6.07. The molecule has 106 valence electrons. The molecule has 0 aliphatic heterocycles. The van der Waals surface area contributed by atoms with E-state index in [0.717, 1.165) is 11.6 Å².